The smallest absolute Gasteiger partial charge is 0.0910 e. The SMILES string of the molecule is C[C@H](O)C1(C)CCCO1. The van der Waals surface area contributed by atoms with Crippen LogP contribution in [0.15, 0.2) is 0 Å². The summed E-state index contributed by atoms with van der Waals surface area (Å²) in [7, 11) is 0. The molecule has 0 spiro atoms. The molecule has 2 atom stereocenters. The van der Waals surface area contributed by atoms with Crippen LogP contribution in [0.3, 0.4) is 0 Å². The number of rotatable bonds is 1. The molecule has 0 aromatic carbocycles. The Balaban J connectivity index is 2.51. The fraction of sp³-hybridized carbons (Fsp3) is 1.00. The third-order valence-electron chi connectivity index (χ3n) is 2.13. The quantitative estimate of drug-likeness (QED) is 0.572. The molecule has 0 saturated carbocycles. The van der Waals surface area contributed by atoms with Crippen molar-refractivity contribution in [3.63, 3.8) is 0 Å². The van der Waals surface area contributed by atoms with Gasteiger partial charge in [-0.25, -0.2) is 0 Å². The number of hydrogen-bond donors (Lipinski definition) is 1. The van der Waals surface area contributed by atoms with Crippen molar-refractivity contribution in [1.82, 2.24) is 0 Å². The normalized spacial score (nSPS) is 39.0. The van der Waals surface area contributed by atoms with Crippen LogP contribution in [0.1, 0.15) is 26.7 Å². The maximum Gasteiger partial charge on any atom is 0.0910 e. The van der Waals surface area contributed by atoms with Crippen LogP contribution in [0.5, 0.6) is 0 Å². The summed E-state index contributed by atoms with van der Waals surface area (Å²) in [5.74, 6) is 0. The minimum Gasteiger partial charge on any atom is -0.390 e. The van der Waals surface area contributed by atoms with Gasteiger partial charge in [-0.05, 0) is 26.7 Å². The van der Waals surface area contributed by atoms with Crippen molar-refractivity contribution in [2.45, 2.75) is 38.4 Å². The molecule has 1 aliphatic rings. The standard InChI is InChI=1S/C7H14O2/c1-6(8)7(2)4-3-5-9-7/h6,8H,3-5H2,1-2H3/t6-,7?/m0/s1. The molecule has 1 heterocycles. The summed E-state index contributed by atoms with van der Waals surface area (Å²) >= 11 is 0. The molecule has 1 unspecified atom stereocenters. The molecular weight excluding hydrogens is 116 g/mol. The van der Waals surface area contributed by atoms with E-state index >= 15 is 0 Å². The molecule has 1 saturated heterocycles. The summed E-state index contributed by atoms with van der Waals surface area (Å²) in [6.45, 7) is 4.55. The summed E-state index contributed by atoms with van der Waals surface area (Å²) in [5, 5.41) is 9.19. The van der Waals surface area contributed by atoms with Crippen LogP contribution in [-0.4, -0.2) is 23.4 Å². The van der Waals surface area contributed by atoms with E-state index in [1.54, 1.807) is 6.92 Å². The van der Waals surface area contributed by atoms with Gasteiger partial charge in [0.25, 0.3) is 0 Å². The van der Waals surface area contributed by atoms with E-state index in [1.165, 1.54) is 0 Å². The number of ether oxygens (including phenoxy) is 1. The zero-order valence-corrected chi connectivity index (χ0v) is 6.05. The molecule has 2 nitrogen and oxygen atoms in total. The van der Waals surface area contributed by atoms with Gasteiger partial charge in [-0.1, -0.05) is 0 Å². The predicted octanol–water partition coefficient (Wildman–Crippen LogP) is 0.936. The summed E-state index contributed by atoms with van der Waals surface area (Å²) in [4.78, 5) is 0. The van der Waals surface area contributed by atoms with Gasteiger partial charge in [0.2, 0.25) is 0 Å². The molecule has 0 aliphatic carbocycles. The highest BCUT2D eigenvalue weighted by atomic mass is 16.5. The Kier molecular flexibility index (Phi) is 1.78. The van der Waals surface area contributed by atoms with Gasteiger partial charge in [0, 0.05) is 6.61 Å². The van der Waals surface area contributed by atoms with E-state index in [0.717, 1.165) is 19.4 Å². The molecule has 1 fully saturated rings. The minimum atomic E-state index is -0.333. The zero-order chi connectivity index (χ0) is 6.91. The summed E-state index contributed by atoms with van der Waals surface area (Å²) in [6, 6.07) is 0. The Morgan fingerprint density at radius 1 is 1.67 bits per heavy atom. The van der Waals surface area contributed by atoms with Gasteiger partial charge in [-0.3, -0.25) is 0 Å². The maximum absolute atomic E-state index is 9.19. The van der Waals surface area contributed by atoms with Gasteiger partial charge in [-0.2, -0.15) is 0 Å². The summed E-state index contributed by atoms with van der Waals surface area (Å²) < 4.78 is 5.35. The highest BCUT2D eigenvalue weighted by Gasteiger charge is 2.34. The molecule has 0 amide bonds. The van der Waals surface area contributed by atoms with Gasteiger partial charge >= 0.3 is 0 Å². The van der Waals surface area contributed by atoms with Crippen LogP contribution in [-0.2, 0) is 4.74 Å². The average molecular weight is 130 g/mol. The van der Waals surface area contributed by atoms with Crippen molar-refractivity contribution >= 4 is 0 Å². The lowest BCUT2D eigenvalue weighted by Crippen LogP contribution is -2.36. The van der Waals surface area contributed by atoms with Crippen LogP contribution in [0.4, 0.5) is 0 Å². The lowest BCUT2D eigenvalue weighted by atomic mass is 9.97. The van der Waals surface area contributed by atoms with Crippen LogP contribution < -0.4 is 0 Å². The topological polar surface area (TPSA) is 29.5 Å². The highest BCUT2D eigenvalue weighted by molar-refractivity contribution is 4.84. The van der Waals surface area contributed by atoms with Gasteiger partial charge in [-0.15, -0.1) is 0 Å². The van der Waals surface area contributed by atoms with Crippen LogP contribution >= 0.6 is 0 Å². The molecular formula is C7H14O2. The molecule has 0 aromatic rings. The van der Waals surface area contributed by atoms with E-state index in [2.05, 4.69) is 0 Å². The average Bonchev–Trinajstić information content (AvgIpc) is 2.16. The van der Waals surface area contributed by atoms with Gasteiger partial charge in [0.15, 0.2) is 0 Å². The van der Waals surface area contributed by atoms with Gasteiger partial charge in [0.1, 0.15) is 0 Å². The van der Waals surface area contributed by atoms with E-state index in [0.29, 0.717) is 0 Å². The van der Waals surface area contributed by atoms with Gasteiger partial charge in [0.05, 0.1) is 11.7 Å². The first kappa shape index (κ1) is 7.03. The molecule has 1 N–H and O–H groups in total. The fourth-order valence-electron chi connectivity index (χ4n) is 1.13. The highest BCUT2D eigenvalue weighted by Crippen LogP contribution is 2.27. The van der Waals surface area contributed by atoms with E-state index in [9.17, 15) is 5.11 Å². The molecule has 0 bridgehead atoms. The largest absolute Gasteiger partial charge is 0.390 e. The number of hydrogen-bond acceptors (Lipinski definition) is 2. The lowest BCUT2D eigenvalue weighted by molar-refractivity contribution is -0.0691. The van der Waals surface area contributed by atoms with Crippen molar-refractivity contribution < 1.29 is 9.84 Å². The van der Waals surface area contributed by atoms with Crippen LogP contribution in [0.25, 0.3) is 0 Å². The van der Waals surface area contributed by atoms with E-state index in [1.807, 2.05) is 6.92 Å². The number of aliphatic hydroxyl groups excluding tert-OH is 1. The number of aliphatic hydroxyl groups is 1. The molecule has 9 heavy (non-hydrogen) atoms. The first-order chi connectivity index (χ1) is 4.15. The maximum atomic E-state index is 9.19. The molecule has 54 valence electrons. The molecule has 0 aromatic heterocycles. The Labute approximate surface area is 55.8 Å². The molecule has 1 rings (SSSR count). The van der Waals surface area contributed by atoms with Crippen molar-refractivity contribution in [1.29, 1.82) is 0 Å². The Morgan fingerprint density at radius 3 is 2.56 bits per heavy atom. The monoisotopic (exact) mass is 130 g/mol. The van der Waals surface area contributed by atoms with Crippen molar-refractivity contribution in [2.24, 2.45) is 0 Å². The predicted molar refractivity (Wildman–Crippen MR) is 35.3 cm³/mol. The summed E-state index contributed by atoms with van der Waals surface area (Å²) in [6.07, 6.45) is 1.74. The van der Waals surface area contributed by atoms with Crippen molar-refractivity contribution in [3.05, 3.63) is 0 Å². The van der Waals surface area contributed by atoms with Crippen LogP contribution in [0, 0.1) is 0 Å². The Morgan fingerprint density at radius 2 is 2.33 bits per heavy atom. The van der Waals surface area contributed by atoms with Gasteiger partial charge < -0.3 is 9.84 Å². The molecule has 1 aliphatic heterocycles. The third-order valence-corrected chi connectivity index (χ3v) is 2.13. The second-order valence-electron chi connectivity index (χ2n) is 2.94. The van der Waals surface area contributed by atoms with Crippen molar-refractivity contribution in [2.75, 3.05) is 6.61 Å². The van der Waals surface area contributed by atoms with E-state index in [-0.39, 0.29) is 11.7 Å². The molecule has 2 heteroatoms. The van der Waals surface area contributed by atoms with E-state index < -0.39 is 0 Å². The fourth-order valence-corrected chi connectivity index (χ4v) is 1.13. The first-order valence-corrected chi connectivity index (χ1v) is 3.47. The lowest BCUT2D eigenvalue weighted by Gasteiger charge is -2.25. The second-order valence-corrected chi connectivity index (χ2v) is 2.94. The molecule has 0 radical (unpaired) electrons. The second kappa shape index (κ2) is 2.27. The van der Waals surface area contributed by atoms with E-state index in [4.69, 9.17) is 4.74 Å². The third kappa shape index (κ3) is 1.25. The minimum absolute atomic E-state index is 0.250. The zero-order valence-electron chi connectivity index (χ0n) is 6.05. The summed E-state index contributed by atoms with van der Waals surface area (Å²) in [5.41, 5.74) is -0.250. The Bertz CT molecular complexity index is 93.1. The van der Waals surface area contributed by atoms with Crippen molar-refractivity contribution in [3.8, 4) is 0 Å². The first-order valence-electron chi connectivity index (χ1n) is 3.47. The Hall–Kier alpha value is -0.0800. The van der Waals surface area contributed by atoms with Crippen LogP contribution in [0.2, 0.25) is 0 Å².